The molecule has 1 atom stereocenters. The number of halogens is 1. The Hall–Kier alpha value is -2.63. The van der Waals surface area contributed by atoms with Crippen molar-refractivity contribution in [2.24, 2.45) is 0 Å². The SMILES string of the molecule is Cc1cc(O)c([C@H](c2ccc(Cl)cc2)N2CCCCC2)c(=O)n1Cc1cccnc1. The fourth-order valence-electron chi connectivity index (χ4n) is 4.28. The highest BCUT2D eigenvalue weighted by molar-refractivity contribution is 6.30. The van der Waals surface area contributed by atoms with Crippen LogP contribution in [0.5, 0.6) is 5.75 Å². The van der Waals surface area contributed by atoms with Gasteiger partial charge in [-0.2, -0.15) is 0 Å². The summed E-state index contributed by atoms with van der Waals surface area (Å²) in [7, 11) is 0. The summed E-state index contributed by atoms with van der Waals surface area (Å²) in [5.41, 5.74) is 2.89. The molecule has 0 unspecified atom stereocenters. The molecule has 1 saturated heterocycles. The minimum absolute atomic E-state index is 0.0467. The number of aromatic hydroxyl groups is 1. The number of aromatic nitrogens is 2. The van der Waals surface area contributed by atoms with Crippen molar-refractivity contribution in [3.63, 3.8) is 0 Å². The number of hydrogen-bond donors (Lipinski definition) is 1. The van der Waals surface area contributed by atoms with E-state index in [2.05, 4.69) is 9.88 Å². The van der Waals surface area contributed by atoms with Gasteiger partial charge in [0.05, 0.1) is 18.2 Å². The first-order chi connectivity index (χ1) is 14.5. The molecule has 1 aliphatic heterocycles. The standard InChI is InChI=1S/C24H26ClN3O2/c1-17-14-21(29)22(24(30)28(17)16-18-6-5-11-26-15-18)23(27-12-3-2-4-13-27)19-7-9-20(25)10-8-19/h5-11,14-15,23,29H,2-4,12-13,16H2,1H3/t23-/m0/s1. The molecule has 0 radical (unpaired) electrons. The van der Waals surface area contributed by atoms with E-state index in [0.29, 0.717) is 17.1 Å². The van der Waals surface area contributed by atoms with Gasteiger partial charge < -0.3 is 9.67 Å². The predicted octanol–water partition coefficient (Wildman–Crippen LogP) is 4.53. The van der Waals surface area contributed by atoms with E-state index in [-0.39, 0.29) is 17.4 Å². The molecule has 5 nitrogen and oxygen atoms in total. The molecule has 156 valence electrons. The van der Waals surface area contributed by atoms with E-state index in [1.165, 1.54) is 6.42 Å². The molecule has 6 heteroatoms. The van der Waals surface area contributed by atoms with E-state index in [4.69, 9.17) is 11.6 Å². The fourth-order valence-corrected chi connectivity index (χ4v) is 4.40. The Morgan fingerprint density at radius 3 is 2.53 bits per heavy atom. The van der Waals surface area contributed by atoms with Gasteiger partial charge in [-0.3, -0.25) is 14.7 Å². The van der Waals surface area contributed by atoms with E-state index in [9.17, 15) is 9.90 Å². The van der Waals surface area contributed by atoms with Crippen molar-refractivity contribution in [1.82, 2.24) is 14.5 Å². The second-order valence-electron chi connectivity index (χ2n) is 7.89. The summed E-state index contributed by atoms with van der Waals surface area (Å²) >= 11 is 6.11. The zero-order chi connectivity index (χ0) is 21.1. The summed E-state index contributed by atoms with van der Waals surface area (Å²) in [5, 5.41) is 11.6. The summed E-state index contributed by atoms with van der Waals surface area (Å²) in [6.07, 6.45) is 6.84. The Bertz CT molecular complexity index is 1060. The third-order valence-corrected chi connectivity index (χ3v) is 6.05. The summed E-state index contributed by atoms with van der Waals surface area (Å²) in [6, 6.07) is 12.8. The first-order valence-electron chi connectivity index (χ1n) is 10.4. The lowest BCUT2D eigenvalue weighted by atomic mass is 9.94. The maximum absolute atomic E-state index is 13.7. The summed E-state index contributed by atoms with van der Waals surface area (Å²) < 4.78 is 1.72. The van der Waals surface area contributed by atoms with E-state index >= 15 is 0 Å². The lowest BCUT2D eigenvalue weighted by Gasteiger charge is -2.35. The van der Waals surface area contributed by atoms with Gasteiger partial charge in [-0.05, 0) is 68.2 Å². The number of hydrogen-bond acceptors (Lipinski definition) is 4. The third-order valence-electron chi connectivity index (χ3n) is 5.80. The molecule has 0 amide bonds. The first kappa shape index (κ1) is 20.6. The molecule has 0 spiro atoms. The Morgan fingerprint density at radius 1 is 1.13 bits per heavy atom. The molecule has 1 aliphatic rings. The van der Waals surface area contributed by atoms with Crippen molar-refractivity contribution in [3.05, 3.63) is 92.6 Å². The zero-order valence-corrected chi connectivity index (χ0v) is 17.8. The van der Waals surface area contributed by atoms with Gasteiger partial charge in [-0.25, -0.2) is 0 Å². The second kappa shape index (κ2) is 9.02. The van der Waals surface area contributed by atoms with Crippen LogP contribution in [0.15, 0.2) is 59.7 Å². The summed E-state index contributed by atoms with van der Waals surface area (Å²) in [5.74, 6) is 0.0467. The van der Waals surface area contributed by atoms with Gasteiger partial charge in [0.25, 0.3) is 5.56 Å². The maximum atomic E-state index is 13.7. The highest BCUT2D eigenvalue weighted by Gasteiger charge is 2.30. The van der Waals surface area contributed by atoms with E-state index < -0.39 is 0 Å². The van der Waals surface area contributed by atoms with Crippen molar-refractivity contribution in [1.29, 1.82) is 0 Å². The van der Waals surface area contributed by atoms with Gasteiger partial charge in [0.1, 0.15) is 5.75 Å². The number of benzene rings is 1. The molecule has 2 aromatic heterocycles. The minimum atomic E-state index is -0.309. The van der Waals surface area contributed by atoms with E-state index in [0.717, 1.165) is 42.8 Å². The highest BCUT2D eigenvalue weighted by Crippen LogP contribution is 2.34. The van der Waals surface area contributed by atoms with Gasteiger partial charge in [-0.1, -0.05) is 36.2 Å². The Kier molecular flexibility index (Phi) is 6.21. The molecule has 0 aliphatic carbocycles. The molecule has 1 aromatic carbocycles. The van der Waals surface area contributed by atoms with Crippen molar-refractivity contribution in [2.75, 3.05) is 13.1 Å². The molecular weight excluding hydrogens is 398 g/mol. The molecule has 1 fully saturated rings. The first-order valence-corrected chi connectivity index (χ1v) is 10.7. The van der Waals surface area contributed by atoms with E-state index in [1.807, 2.05) is 43.3 Å². The predicted molar refractivity (Wildman–Crippen MR) is 119 cm³/mol. The fraction of sp³-hybridized carbons (Fsp3) is 0.333. The van der Waals surface area contributed by atoms with Gasteiger partial charge in [-0.15, -0.1) is 0 Å². The summed E-state index contributed by atoms with van der Waals surface area (Å²) in [4.78, 5) is 20.1. The second-order valence-corrected chi connectivity index (χ2v) is 8.32. The molecule has 1 N–H and O–H groups in total. The number of pyridine rings is 2. The molecule has 3 aromatic rings. The number of aryl methyl sites for hydroxylation is 1. The van der Waals surface area contributed by atoms with Crippen molar-refractivity contribution in [2.45, 2.75) is 38.8 Å². The minimum Gasteiger partial charge on any atom is -0.507 e. The normalized spacial score (nSPS) is 15.8. The lowest BCUT2D eigenvalue weighted by Crippen LogP contribution is -2.38. The van der Waals surface area contributed by atoms with Gasteiger partial charge in [0.15, 0.2) is 0 Å². The smallest absolute Gasteiger partial charge is 0.259 e. The quantitative estimate of drug-likeness (QED) is 0.654. The molecule has 0 saturated carbocycles. The Labute approximate surface area is 181 Å². The van der Waals surface area contributed by atoms with Crippen LogP contribution in [0.1, 0.15) is 47.7 Å². The van der Waals surface area contributed by atoms with Crippen LogP contribution in [0.4, 0.5) is 0 Å². The van der Waals surface area contributed by atoms with E-state index in [1.54, 1.807) is 23.0 Å². The maximum Gasteiger partial charge on any atom is 0.259 e. The topological polar surface area (TPSA) is 58.4 Å². The Balaban J connectivity index is 1.84. The van der Waals surface area contributed by atoms with Crippen molar-refractivity contribution < 1.29 is 5.11 Å². The van der Waals surface area contributed by atoms with Crippen LogP contribution < -0.4 is 5.56 Å². The number of nitrogens with zero attached hydrogens (tertiary/aromatic N) is 3. The van der Waals surface area contributed by atoms with Crippen LogP contribution in [0, 0.1) is 6.92 Å². The van der Waals surface area contributed by atoms with Crippen LogP contribution in [0.25, 0.3) is 0 Å². The number of likely N-dealkylation sites (tertiary alicyclic amines) is 1. The average molecular weight is 424 g/mol. The van der Waals surface area contributed by atoms with Crippen LogP contribution in [0.3, 0.4) is 0 Å². The van der Waals surface area contributed by atoms with Gasteiger partial charge in [0, 0.05) is 23.1 Å². The monoisotopic (exact) mass is 423 g/mol. The number of rotatable bonds is 5. The van der Waals surface area contributed by atoms with Crippen molar-refractivity contribution in [3.8, 4) is 5.75 Å². The Morgan fingerprint density at radius 2 is 1.87 bits per heavy atom. The van der Waals surface area contributed by atoms with Crippen molar-refractivity contribution >= 4 is 11.6 Å². The van der Waals surface area contributed by atoms with Gasteiger partial charge >= 0.3 is 0 Å². The van der Waals surface area contributed by atoms with Crippen LogP contribution in [-0.2, 0) is 6.54 Å². The number of piperidine rings is 1. The largest absolute Gasteiger partial charge is 0.507 e. The molecule has 3 heterocycles. The molecule has 0 bridgehead atoms. The summed E-state index contributed by atoms with van der Waals surface area (Å²) in [6.45, 7) is 4.05. The zero-order valence-electron chi connectivity index (χ0n) is 17.1. The molecular formula is C24H26ClN3O2. The van der Waals surface area contributed by atoms with Crippen LogP contribution in [-0.4, -0.2) is 32.6 Å². The highest BCUT2D eigenvalue weighted by atomic mass is 35.5. The lowest BCUT2D eigenvalue weighted by molar-refractivity contribution is 0.183. The third kappa shape index (κ3) is 4.27. The van der Waals surface area contributed by atoms with Crippen LogP contribution in [0.2, 0.25) is 5.02 Å². The van der Waals surface area contributed by atoms with Crippen LogP contribution >= 0.6 is 11.6 Å². The molecule has 4 rings (SSSR count). The van der Waals surface area contributed by atoms with Gasteiger partial charge in [0.2, 0.25) is 0 Å². The molecule has 30 heavy (non-hydrogen) atoms. The average Bonchev–Trinajstić information content (AvgIpc) is 2.76.